The van der Waals surface area contributed by atoms with Gasteiger partial charge in [0, 0.05) is 6.04 Å². The molecule has 1 aliphatic heterocycles. The summed E-state index contributed by atoms with van der Waals surface area (Å²) in [5, 5.41) is 7.13. The third-order valence-electron chi connectivity index (χ3n) is 4.19. The van der Waals surface area contributed by atoms with E-state index in [1.54, 1.807) is 0 Å². The van der Waals surface area contributed by atoms with Crippen molar-refractivity contribution in [2.75, 3.05) is 19.6 Å². The van der Waals surface area contributed by atoms with Crippen LogP contribution in [-0.2, 0) is 0 Å². The molecule has 3 aliphatic rings. The summed E-state index contributed by atoms with van der Waals surface area (Å²) in [6, 6.07) is 0.902. The summed E-state index contributed by atoms with van der Waals surface area (Å²) in [6.45, 7) is 3.84. The molecule has 2 heteroatoms. The van der Waals surface area contributed by atoms with Gasteiger partial charge in [-0.1, -0.05) is 0 Å². The van der Waals surface area contributed by atoms with Gasteiger partial charge in [-0.3, -0.25) is 0 Å². The lowest BCUT2D eigenvalue weighted by Gasteiger charge is -2.23. The second-order valence-electron chi connectivity index (χ2n) is 5.20. The number of rotatable bonds is 3. The number of hydrogen-bond acceptors (Lipinski definition) is 2. The first-order valence-electron chi connectivity index (χ1n) is 5.83. The molecule has 2 N–H and O–H groups in total. The molecular formula is C11H20N2. The molecule has 0 aromatic carbocycles. The molecule has 0 radical (unpaired) electrons. The van der Waals surface area contributed by atoms with Crippen LogP contribution in [0.25, 0.3) is 0 Å². The average Bonchev–Trinajstić information content (AvgIpc) is 3.02. The van der Waals surface area contributed by atoms with Gasteiger partial charge in [0.2, 0.25) is 0 Å². The smallest absolute Gasteiger partial charge is 0.00683 e. The van der Waals surface area contributed by atoms with E-state index < -0.39 is 0 Å². The van der Waals surface area contributed by atoms with Crippen molar-refractivity contribution in [3.8, 4) is 0 Å². The number of nitrogens with one attached hydrogen (secondary N) is 2. The Morgan fingerprint density at radius 3 is 2.69 bits per heavy atom. The molecule has 13 heavy (non-hydrogen) atoms. The second kappa shape index (κ2) is 2.96. The molecule has 1 spiro atoms. The molecule has 0 aromatic heterocycles. The molecule has 1 unspecified atom stereocenters. The van der Waals surface area contributed by atoms with E-state index in [9.17, 15) is 0 Å². The Hall–Kier alpha value is -0.0800. The van der Waals surface area contributed by atoms with Gasteiger partial charge in [0.1, 0.15) is 0 Å². The lowest BCUT2D eigenvalue weighted by molar-refractivity contribution is 0.319. The van der Waals surface area contributed by atoms with Gasteiger partial charge in [0.25, 0.3) is 0 Å². The molecule has 2 saturated carbocycles. The quantitative estimate of drug-likeness (QED) is 0.680. The van der Waals surface area contributed by atoms with Crippen LogP contribution in [0.15, 0.2) is 0 Å². The highest BCUT2D eigenvalue weighted by Gasteiger charge is 2.53. The minimum absolute atomic E-state index is 0.785. The van der Waals surface area contributed by atoms with Gasteiger partial charge in [-0.05, 0) is 63.1 Å². The van der Waals surface area contributed by atoms with E-state index in [4.69, 9.17) is 0 Å². The molecular weight excluding hydrogens is 160 g/mol. The van der Waals surface area contributed by atoms with Crippen molar-refractivity contribution in [1.29, 1.82) is 0 Å². The Morgan fingerprint density at radius 1 is 1.23 bits per heavy atom. The topological polar surface area (TPSA) is 24.1 Å². The van der Waals surface area contributed by atoms with E-state index in [2.05, 4.69) is 10.6 Å². The predicted octanol–water partition coefficient (Wildman–Crippen LogP) is 1.13. The van der Waals surface area contributed by atoms with Crippen LogP contribution in [0.4, 0.5) is 0 Å². The largest absolute Gasteiger partial charge is 0.317 e. The standard InChI is InChI=1S/C11H20N2/c1-2-10(1)13-8-9-7-11(9)3-5-12-6-4-11/h9-10,12-13H,1-8H2. The van der Waals surface area contributed by atoms with Crippen LogP contribution in [0, 0.1) is 11.3 Å². The van der Waals surface area contributed by atoms with Crippen molar-refractivity contribution < 1.29 is 0 Å². The summed E-state index contributed by atoms with van der Waals surface area (Å²) in [6.07, 6.45) is 7.24. The SMILES string of the molecule is C1CC2(CCN1)CC2CNC1CC1. The second-order valence-corrected chi connectivity index (χ2v) is 5.20. The molecule has 1 saturated heterocycles. The maximum atomic E-state index is 3.67. The first-order chi connectivity index (χ1) is 6.39. The molecule has 2 nitrogen and oxygen atoms in total. The van der Waals surface area contributed by atoms with Crippen LogP contribution in [0.1, 0.15) is 32.1 Å². The zero-order valence-electron chi connectivity index (χ0n) is 8.31. The van der Waals surface area contributed by atoms with Crippen LogP contribution in [0.3, 0.4) is 0 Å². The monoisotopic (exact) mass is 180 g/mol. The van der Waals surface area contributed by atoms with Gasteiger partial charge in [-0.25, -0.2) is 0 Å². The highest BCUT2D eigenvalue weighted by atomic mass is 15.0. The normalized spacial score (nSPS) is 36.5. The summed E-state index contributed by atoms with van der Waals surface area (Å²) in [4.78, 5) is 0. The summed E-state index contributed by atoms with van der Waals surface area (Å²) in [5.74, 6) is 1.02. The summed E-state index contributed by atoms with van der Waals surface area (Å²) in [5.41, 5.74) is 0.785. The van der Waals surface area contributed by atoms with Crippen molar-refractivity contribution in [1.82, 2.24) is 10.6 Å². The van der Waals surface area contributed by atoms with Gasteiger partial charge in [-0.15, -0.1) is 0 Å². The van der Waals surface area contributed by atoms with Crippen LogP contribution in [0.2, 0.25) is 0 Å². The Kier molecular flexibility index (Phi) is 1.88. The molecule has 2 aliphatic carbocycles. The fraction of sp³-hybridized carbons (Fsp3) is 1.00. The molecule has 1 atom stereocenters. The third kappa shape index (κ3) is 1.62. The Labute approximate surface area is 80.5 Å². The van der Waals surface area contributed by atoms with Gasteiger partial charge < -0.3 is 10.6 Å². The van der Waals surface area contributed by atoms with Crippen molar-refractivity contribution in [3.05, 3.63) is 0 Å². The minimum atomic E-state index is 0.785. The van der Waals surface area contributed by atoms with Crippen molar-refractivity contribution in [2.45, 2.75) is 38.1 Å². The van der Waals surface area contributed by atoms with E-state index in [0.717, 1.165) is 17.4 Å². The van der Waals surface area contributed by atoms with E-state index >= 15 is 0 Å². The van der Waals surface area contributed by atoms with Crippen molar-refractivity contribution in [2.24, 2.45) is 11.3 Å². The van der Waals surface area contributed by atoms with Gasteiger partial charge >= 0.3 is 0 Å². The maximum Gasteiger partial charge on any atom is 0.00683 e. The van der Waals surface area contributed by atoms with Gasteiger partial charge in [0.05, 0.1) is 0 Å². The Balaban J connectivity index is 1.46. The van der Waals surface area contributed by atoms with Crippen LogP contribution < -0.4 is 10.6 Å². The molecule has 0 amide bonds. The summed E-state index contributed by atoms with van der Waals surface area (Å²) >= 11 is 0. The first-order valence-corrected chi connectivity index (χ1v) is 5.83. The lowest BCUT2D eigenvalue weighted by Crippen LogP contribution is -2.31. The summed E-state index contributed by atoms with van der Waals surface area (Å²) < 4.78 is 0. The van der Waals surface area contributed by atoms with E-state index in [0.29, 0.717) is 0 Å². The Bertz CT molecular complexity index is 192. The zero-order valence-corrected chi connectivity index (χ0v) is 8.31. The molecule has 0 bridgehead atoms. The van der Waals surface area contributed by atoms with Crippen LogP contribution >= 0.6 is 0 Å². The molecule has 1 heterocycles. The zero-order chi connectivity index (χ0) is 8.73. The minimum Gasteiger partial charge on any atom is -0.317 e. The van der Waals surface area contributed by atoms with Crippen LogP contribution in [-0.4, -0.2) is 25.7 Å². The third-order valence-corrected chi connectivity index (χ3v) is 4.19. The van der Waals surface area contributed by atoms with Crippen molar-refractivity contribution >= 4 is 0 Å². The van der Waals surface area contributed by atoms with Gasteiger partial charge in [0.15, 0.2) is 0 Å². The van der Waals surface area contributed by atoms with E-state index in [1.165, 1.54) is 51.7 Å². The van der Waals surface area contributed by atoms with E-state index in [1.807, 2.05) is 0 Å². The molecule has 3 rings (SSSR count). The molecule has 0 aromatic rings. The number of hydrogen-bond donors (Lipinski definition) is 2. The lowest BCUT2D eigenvalue weighted by atomic mass is 9.92. The first kappa shape index (κ1) is 8.25. The number of piperidine rings is 1. The maximum absolute atomic E-state index is 3.67. The average molecular weight is 180 g/mol. The summed E-state index contributed by atoms with van der Waals surface area (Å²) in [7, 11) is 0. The highest BCUT2D eigenvalue weighted by Crippen LogP contribution is 2.58. The van der Waals surface area contributed by atoms with Crippen molar-refractivity contribution in [3.63, 3.8) is 0 Å². The molecule has 74 valence electrons. The van der Waals surface area contributed by atoms with Crippen LogP contribution in [0.5, 0.6) is 0 Å². The van der Waals surface area contributed by atoms with E-state index in [-0.39, 0.29) is 0 Å². The Morgan fingerprint density at radius 2 is 2.00 bits per heavy atom. The molecule has 3 fully saturated rings. The fourth-order valence-corrected chi connectivity index (χ4v) is 2.85. The fourth-order valence-electron chi connectivity index (χ4n) is 2.85. The highest BCUT2D eigenvalue weighted by molar-refractivity contribution is 5.05. The van der Waals surface area contributed by atoms with Gasteiger partial charge in [-0.2, -0.15) is 0 Å². The predicted molar refractivity (Wildman–Crippen MR) is 53.7 cm³/mol.